The molecule has 1 N–H and O–H groups in total. The summed E-state index contributed by atoms with van der Waals surface area (Å²) in [6, 6.07) is 5.27. The SMILES string of the molecule is CNCc1cccc(F)c1N1CC(C)(C)OC(C)(C)C1. The van der Waals surface area contributed by atoms with Crippen molar-refractivity contribution >= 4 is 5.69 Å². The maximum Gasteiger partial charge on any atom is 0.146 e. The molecule has 0 aromatic heterocycles. The molecule has 1 aliphatic rings. The highest BCUT2D eigenvalue weighted by molar-refractivity contribution is 5.56. The van der Waals surface area contributed by atoms with Crippen molar-refractivity contribution in [1.82, 2.24) is 5.32 Å². The smallest absolute Gasteiger partial charge is 0.146 e. The first kappa shape index (κ1) is 15.3. The van der Waals surface area contributed by atoms with Gasteiger partial charge in [-0.15, -0.1) is 0 Å². The van der Waals surface area contributed by atoms with Gasteiger partial charge in [-0.3, -0.25) is 0 Å². The minimum Gasteiger partial charge on any atom is -0.366 e. The number of nitrogens with one attached hydrogen (secondary N) is 1. The lowest BCUT2D eigenvalue weighted by molar-refractivity contribution is -0.133. The second kappa shape index (κ2) is 5.34. The predicted octanol–water partition coefficient (Wildman–Crippen LogP) is 2.94. The number of halogens is 1. The molecule has 1 fully saturated rings. The van der Waals surface area contributed by atoms with E-state index in [-0.39, 0.29) is 17.0 Å². The van der Waals surface area contributed by atoms with Gasteiger partial charge in [-0.2, -0.15) is 0 Å². The molecule has 0 aliphatic carbocycles. The van der Waals surface area contributed by atoms with Crippen molar-refractivity contribution in [2.75, 3.05) is 25.0 Å². The molecule has 0 unspecified atom stereocenters. The average molecular weight is 280 g/mol. The fraction of sp³-hybridized carbons (Fsp3) is 0.625. The molecule has 0 saturated carbocycles. The quantitative estimate of drug-likeness (QED) is 0.921. The fourth-order valence-electron chi connectivity index (χ4n) is 3.19. The van der Waals surface area contributed by atoms with Crippen LogP contribution in [0.15, 0.2) is 18.2 Å². The van der Waals surface area contributed by atoms with Gasteiger partial charge in [0.1, 0.15) is 5.82 Å². The van der Waals surface area contributed by atoms with Crippen molar-refractivity contribution < 1.29 is 9.13 Å². The van der Waals surface area contributed by atoms with Crippen molar-refractivity contribution in [2.45, 2.75) is 45.4 Å². The molecule has 20 heavy (non-hydrogen) atoms. The Balaban J connectivity index is 2.40. The van der Waals surface area contributed by atoms with Gasteiger partial charge in [0, 0.05) is 19.6 Å². The Labute approximate surface area is 121 Å². The van der Waals surface area contributed by atoms with E-state index in [2.05, 4.69) is 37.9 Å². The highest BCUT2D eigenvalue weighted by Gasteiger charge is 2.39. The average Bonchev–Trinajstić information content (AvgIpc) is 2.24. The third-order valence-corrected chi connectivity index (χ3v) is 3.45. The van der Waals surface area contributed by atoms with Crippen LogP contribution in [0.2, 0.25) is 0 Å². The van der Waals surface area contributed by atoms with Crippen molar-refractivity contribution in [3.63, 3.8) is 0 Å². The molecule has 1 aromatic carbocycles. The van der Waals surface area contributed by atoms with E-state index < -0.39 is 0 Å². The molecular weight excluding hydrogens is 255 g/mol. The zero-order valence-corrected chi connectivity index (χ0v) is 13.1. The van der Waals surface area contributed by atoms with E-state index in [1.54, 1.807) is 6.07 Å². The van der Waals surface area contributed by atoms with Gasteiger partial charge in [0.25, 0.3) is 0 Å². The van der Waals surface area contributed by atoms with Crippen LogP contribution < -0.4 is 10.2 Å². The van der Waals surface area contributed by atoms with E-state index in [0.717, 1.165) is 5.56 Å². The van der Waals surface area contributed by atoms with Crippen LogP contribution in [0.1, 0.15) is 33.3 Å². The van der Waals surface area contributed by atoms with E-state index in [4.69, 9.17) is 4.74 Å². The number of nitrogens with zero attached hydrogens (tertiary/aromatic N) is 1. The topological polar surface area (TPSA) is 24.5 Å². The van der Waals surface area contributed by atoms with Gasteiger partial charge < -0.3 is 15.0 Å². The number of para-hydroxylation sites is 1. The Hall–Kier alpha value is -1.13. The van der Waals surface area contributed by atoms with Crippen LogP contribution in [0.3, 0.4) is 0 Å². The Bertz CT molecular complexity index is 469. The number of anilines is 1. The van der Waals surface area contributed by atoms with Crippen molar-refractivity contribution in [3.8, 4) is 0 Å². The minimum absolute atomic E-state index is 0.161. The Morgan fingerprint density at radius 1 is 1.20 bits per heavy atom. The number of rotatable bonds is 3. The molecule has 1 aliphatic heterocycles. The predicted molar refractivity (Wildman–Crippen MR) is 80.6 cm³/mol. The van der Waals surface area contributed by atoms with E-state index in [0.29, 0.717) is 25.3 Å². The van der Waals surface area contributed by atoms with E-state index >= 15 is 0 Å². The second-order valence-electron chi connectivity index (χ2n) is 6.76. The zero-order valence-electron chi connectivity index (χ0n) is 13.1. The molecule has 2 rings (SSSR count). The Morgan fingerprint density at radius 2 is 1.80 bits per heavy atom. The van der Waals surface area contributed by atoms with Gasteiger partial charge in [-0.05, 0) is 46.4 Å². The van der Waals surface area contributed by atoms with Gasteiger partial charge in [0.05, 0.1) is 16.9 Å². The van der Waals surface area contributed by atoms with Crippen LogP contribution in [0, 0.1) is 5.82 Å². The third kappa shape index (κ3) is 3.30. The fourth-order valence-corrected chi connectivity index (χ4v) is 3.19. The van der Waals surface area contributed by atoms with Crippen LogP contribution in [-0.4, -0.2) is 31.3 Å². The van der Waals surface area contributed by atoms with E-state index in [9.17, 15) is 4.39 Å². The van der Waals surface area contributed by atoms with Crippen molar-refractivity contribution in [3.05, 3.63) is 29.6 Å². The summed E-state index contributed by atoms with van der Waals surface area (Å²) in [6.07, 6.45) is 0. The number of morpholine rings is 1. The summed E-state index contributed by atoms with van der Waals surface area (Å²) in [5.74, 6) is -0.161. The van der Waals surface area contributed by atoms with Crippen LogP contribution in [0.4, 0.5) is 10.1 Å². The second-order valence-corrected chi connectivity index (χ2v) is 6.76. The number of benzene rings is 1. The number of hydrogen-bond acceptors (Lipinski definition) is 3. The standard InChI is InChI=1S/C16H25FN2O/c1-15(2)10-19(11-16(3,4)20-15)14-12(9-18-5)7-6-8-13(14)17/h6-8,18H,9-11H2,1-5H3. The van der Waals surface area contributed by atoms with E-state index in [1.807, 2.05) is 13.1 Å². The van der Waals surface area contributed by atoms with Gasteiger partial charge in [-0.25, -0.2) is 4.39 Å². The first-order valence-corrected chi connectivity index (χ1v) is 7.11. The summed E-state index contributed by atoms with van der Waals surface area (Å²) in [6.45, 7) is 10.3. The number of hydrogen-bond donors (Lipinski definition) is 1. The summed E-state index contributed by atoms with van der Waals surface area (Å²) >= 11 is 0. The molecule has 0 radical (unpaired) electrons. The van der Waals surface area contributed by atoms with Crippen molar-refractivity contribution in [1.29, 1.82) is 0 Å². The highest BCUT2D eigenvalue weighted by atomic mass is 19.1. The van der Waals surface area contributed by atoms with E-state index in [1.165, 1.54) is 6.07 Å². The first-order valence-electron chi connectivity index (χ1n) is 7.11. The molecule has 3 nitrogen and oxygen atoms in total. The summed E-state index contributed by atoms with van der Waals surface area (Å²) in [7, 11) is 1.88. The molecular formula is C16H25FN2O. The maximum atomic E-state index is 14.4. The minimum atomic E-state index is -0.291. The first-order chi connectivity index (χ1) is 9.24. The van der Waals surface area contributed by atoms with Crippen LogP contribution >= 0.6 is 0 Å². The lowest BCUT2D eigenvalue weighted by atomic mass is 9.97. The summed E-state index contributed by atoms with van der Waals surface area (Å²) < 4.78 is 20.4. The molecule has 1 heterocycles. The molecule has 0 atom stereocenters. The monoisotopic (exact) mass is 280 g/mol. The van der Waals surface area contributed by atoms with Gasteiger partial charge in [0.15, 0.2) is 0 Å². The summed E-state index contributed by atoms with van der Waals surface area (Å²) in [5.41, 5.74) is 1.11. The molecule has 0 amide bonds. The Morgan fingerprint density at radius 3 is 2.35 bits per heavy atom. The zero-order chi connectivity index (χ0) is 15.0. The molecule has 4 heteroatoms. The van der Waals surface area contributed by atoms with Crippen LogP contribution in [0.25, 0.3) is 0 Å². The summed E-state index contributed by atoms with van der Waals surface area (Å²) in [4.78, 5) is 2.12. The molecule has 0 spiro atoms. The molecule has 0 bridgehead atoms. The summed E-state index contributed by atoms with van der Waals surface area (Å²) in [5, 5.41) is 3.11. The molecule has 1 aromatic rings. The van der Waals surface area contributed by atoms with Crippen LogP contribution in [0.5, 0.6) is 0 Å². The third-order valence-electron chi connectivity index (χ3n) is 3.45. The highest BCUT2D eigenvalue weighted by Crippen LogP contribution is 2.34. The lowest BCUT2D eigenvalue weighted by Gasteiger charge is -2.48. The molecule has 1 saturated heterocycles. The molecule has 112 valence electrons. The lowest BCUT2D eigenvalue weighted by Crippen LogP contribution is -2.57. The van der Waals surface area contributed by atoms with Crippen molar-refractivity contribution in [2.24, 2.45) is 0 Å². The van der Waals surface area contributed by atoms with Gasteiger partial charge in [0.2, 0.25) is 0 Å². The Kier molecular flexibility index (Phi) is 4.07. The van der Waals surface area contributed by atoms with Gasteiger partial charge >= 0.3 is 0 Å². The normalized spacial score (nSPS) is 21.0. The van der Waals surface area contributed by atoms with Crippen LogP contribution in [-0.2, 0) is 11.3 Å². The maximum absolute atomic E-state index is 14.4. The number of ether oxygens (including phenoxy) is 1. The largest absolute Gasteiger partial charge is 0.366 e. The van der Waals surface area contributed by atoms with Gasteiger partial charge in [-0.1, -0.05) is 12.1 Å².